The Bertz CT molecular complexity index is 1070. The third-order valence-electron chi connectivity index (χ3n) is 9.85. The zero-order chi connectivity index (χ0) is 39.2. The van der Waals surface area contributed by atoms with Crippen molar-refractivity contribution in [3.63, 3.8) is 0 Å². The highest BCUT2D eigenvalue weighted by Gasteiger charge is 2.39. The molecule has 5 atom stereocenters. The quantitative estimate of drug-likeness (QED) is 0.0212. The molecular weight excluding hydrogens is 699 g/mol. The molecule has 308 valence electrons. The molecule has 0 aromatic carbocycles. The maximum Gasteiger partial charge on any atom is 0.469 e. The van der Waals surface area contributed by atoms with Gasteiger partial charge >= 0.3 is 19.8 Å². The smallest absolute Gasteiger partial charge is 0.462 e. The average Bonchev–Trinajstić information content (AvgIpc) is 3.38. The van der Waals surface area contributed by atoms with E-state index >= 15 is 0 Å². The topological polar surface area (TPSA) is 177 Å². The second kappa shape index (κ2) is 31.3. The van der Waals surface area contributed by atoms with Crippen LogP contribution in [0.2, 0.25) is 0 Å². The molecule has 0 unspecified atom stereocenters. The Hall–Kier alpha value is -1.88. The fraction of sp³-hybridized carbons (Fsp3) is 0.829. The predicted molar refractivity (Wildman–Crippen MR) is 208 cm³/mol. The second-order valence-electron chi connectivity index (χ2n) is 14.7. The lowest BCUT2D eigenvalue weighted by atomic mass is 9.88. The molecule has 0 saturated heterocycles. The van der Waals surface area contributed by atoms with E-state index in [9.17, 15) is 29.2 Å². The Kier molecular flexibility index (Phi) is 29.1. The number of phosphoric ester groups is 1. The number of aliphatic hydroxyl groups is 2. The van der Waals surface area contributed by atoms with E-state index in [1.807, 2.05) is 0 Å². The number of allylic oxidation sites excluding steroid dienone is 3. The molecule has 1 saturated carbocycles. The highest BCUT2D eigenvalue weighted by atomic mass is 31.2. The van der Waals surface area contributed by atoms with Gasteiger partial charge in [0.15, 0.2) is 6.10 Å². The zero-order valence-corrected chi connectivity index (χ0v) is 33.8. The van der Waals surface area contributed by atoms with Gasteiger partial charge in [-0.05, 0) is 57.3 Å². The molecule has 1 aliphatic carbocycles. The summed E-state index contributed by atoms with van der Waals surface area (Å²) >= 11 is 0. The van der Waals surface area contributed by atoms with Gasteiger partial charge in [0, 0.05) is 25.2 Å². The molecule has 0 aromatic rings. The van der Waals surface area contributed by atoms with E-state index in [4.69, 9.17) is 19.3 Å². The summed E-state index contributed by atoms with van der Waals surface area (Å²) in [6, 6.07) is 0. The van der Waals surface area contributed by atoms with E-state index in [-0.39, 0.29) is 43.5 Å². The Morgan fingerprint density at radius 3 is 1.94 bits per heavy atom. The van der Waals surface area contributed by atoms with Crippen LogP contribution in [0.25, 0.3) is 0 Å². The van der Waals surface area contributed by atoms with Crippen molar-refractivity contribution in [1.82, 2.24) is 0 Å². The molecule has 11 nitrogen and oxygen atoms in total. The molecule has 53 heavy (non-hydrogen) atoms. The van der Waals surface area contributed by atoms with Gasteiger partial charge < -0.3 is 29.5 Å². The number of hydrogen-bond donors (Lipinski definition) is 4. The lowest BCUT2D eigenvalue weighted by Crippen LogP contribution is -2.29. The number of esters is 2. The van der Waals surface area contributed by atoms with E-state index in [0.29, 0.717) is 25.7 Å². The number of Topliss-reactive ketones (excluding diaryl/α,β-unsaturated/α-hetero) is 1. The van der Waals surface area contributed by atoms with Crippen molar-refractivity contribution in [2.24, 2.45) is 11.8 Å². The van der Waals surface area contributed by atoms with E-state index in [2.05, 4.69) is 30.5 Å². The number of carbonyl (C=O) groups is 3. The molecule has 0 aliphatic heterocycles. The first-order chi connectivity index (χ1) is 25.5. The molecule has 0 radical (unpaired) electrons. The lowest BCUT2D eigenvalue weighted by Gasteiger charge is -2.19. The number of hydrogen-bond acceptors (Lipinski definition) is 9. The Labute approximate surface area is 320 Å². The van der Waals surface area contributed by atoms with E-state index in [1.54, 1.807) is 12.2 Å². The van der Waals surface area contributed by atoms with Gasteiger partial charge in [0.2, 0.25) is 0 Å². The number of rotatable bonds is 34. The van der Waals surface area contributed by atoms with Crippen molar-refractivity contribution in [2.45, 2.75) is 193 Å². The van der Waals surface area contributed by atoms with Gasteiger partial charge in [-0.2, -0.15) is 0 Å². The summed E-state index contributed by atoms with van der Waals surface area (Å²) in [6.07, 6.45) is 28.0. The summed E-state index contributed by atoms with van der Waals surface area (Å²) in [5, 5.41) is 20.7. The summed E-state index contributed by atoms with van der Waals surface area (Å²) in [4.78, 5) is 55.5. The van der Waals surface area contributed by atoms with Crippen LogP contribution in [0.5, 0.6) is 0 Å². The van der Waals surface area contributed by atoms with Crippen molar-refractivity contribution in [3.8, 4) is 0 Å². The number of carbonyl (C=O) groups excluding carboxylic acids is 3. The van der Waals surface area contributed by atoms with Gasteiger partial charge in [-0.3, -0.25) is 18.9 Å². The standard InChI is InChI=1S/C41H73O11P/c1-3-5-7-8-9-10-11-12-13-14-15-16-17-18-24-28-41(46)52-35(33-51-53(47,48)49)32-50-40(45)27-23-20-19-22-26-36-37(39(44)31-38(36)43)30-29-34(42)25-21-6-4-2/h12-13,29-30,34-38,42-43H,3-11,14-28,31-33H2,1-2H3,(H2,47,48,49)/b13-12-,30-29+/t34-,35+,36+,37+,38-/m0/s1. The van der Waals surface area contributed by atoms with Crippen LogP contribution < -0.4 is 0 Å². The highest BCUT2D eigenvalue weighted by molar-refractivity contribution is 7.46. The van der Waals surface area contributed by atoms with Gasteiger partial charge in [0.1, 0.15) is 12.4 Å². The fourth-order valence-electron chi connectivity index (χ4n) is 6.68. The molecular formula is C41H73O11P. The summed E-state index contributed by atoms with van der Waals surface area (Å²) in [5.41, 5.74) is 0. The number of unbranched alkanes of at least 4 members (excludes halogenated alkanes) is 16. The summed E-state index contributed by atoms with van der Waals surface area (Å²) in [7, 11) is -4.81. The lowest BCUT2D eigenvalue weighted by molar-refractivity contribution is -0.161. The molecule has 1 aliphatic rings. The van der Waals surface area contributed by atoms with Crippen molar-refractivity contribution in [2.75, 3.05) is 13.2 Å². The van der Waals surface area contributed by atoms with Crippen LogP contribution in [0.4, 0.5) is 0 Å². The molecule has 1 fully saturated rings. The van der Waals surface area contributed by atoms with Crippen molar-refractivity contribution >= 4 is 25.5 Å². The van der Waals surface area contributed by atoms with Crippen LogP contribution in [-0.4, -0.2) is 69.2 Å². The van der Waals surface area contributed by atoms with E-state index in [0.717, 1.165) is 77.0 Å². The molecule has 12 heteroatoms. The first-order valence-corrected chi connectivity index (χ1v) is 22.3. The Balaban J connectivity index is 2.27. The third-order valence-corrected chi connectivity index (χ3v) is 10.3. The number of phosphoric acid groups is 1. The minimum absolute atomic E-state index is 0.000459. The largest absolute Gasteiger partial charge is 0.469 e. The molecule has 0 heterocycles. The van der Waals surface area contributed by atoms with Crippen LogP contribution in [0, 0.1) is 11.8 Å². The minimum Gasteiger partial charge on any atom is -0.462 e. The summed E-state index contributed by atoms with van der Waals surface area (Å²) in [6.45, 7) is 3.37. The van der Waals surface area contributed by atoms with Crippen molar-refractivity contribution in [3.05, 3.63) is 24.3 Å². The second-order valence-corrected chi connectivity index (χ2v) is 16.0. The maximum atomic E-state index is 12.5. The highest BCUT2D eigenvalue weighted by Crippen LogP contribution is 2.36. The van der Waals surface area contributed by atoms with Crippen LogP contribution in [-0.2, 0) is 32.9 Å². The third kappa shape index (κ3) is 27.4. The average molecular weight is 773 g/mol. The normalized spacial score (nSPS) is 19.0. The number of ketones is 1. The molecule has 0 amide bonds. The van der Waals surface area contributed by atoms with Gasteiger partial charge in [0.05, 0.1) is 18.8 Å². The van der Waals surface area contributed by atoms with Crippen molar-refractivity contribution < 1.29 is 52.9 Å². The molecule has 0 bridgehead atoms. The summed E-state index contributed by atoms with van der Waals surface area (Å²) in [5.74, 6) is -1.62. The van der Waals surface area contributed by atoms with E-state index in [1.165, 1.54) is 38.5 Å². The van der Waals surface area contributed by atoms with Crippen molar-refractivity contribution in [1.29, 1.82) is 0 Å². The maximum absolute atomic E-state index is 12.5. The van der Waals surface area contributed by atoms with Gasteiger partial charge in [-0.25, -0.2) is 4.57 Å². The van der Waals surface area contributed by atoms with Gasteiger partial charge in [-0.1, -0.05) is 128 Å². The number of ether oxygens (including phenoxy) is 2. The van der Waals surface area contributed by atoms with Gasteiger partial charge in [-0.15, -0.1) is 0 Å². The first kappa shape index (κ1) is 49.1. The molecule has 4 N–H and O–H groups in total. The minimum atomic E-state index is -4.81. The van der Waals surface area contributed by atoms with Crippen LogP contribution in [0.1, 0.15) is 174 Å². The van der Waals surface area contributed by atoms with Gasteiger partial charge in [0.25, 0.3) is 0 Å². The molecule has 0 aromatic heterocycles. The predicted octanol–water partition coefficient (Wildman–Crippen LogP) is 8.99. The molecule has 1 rings (SSSR count). The Morgan fingerprint density at radius 2 is 1.32 bits per heavy atom. The van der Waals surface area contributed by atoms with E-state index < -0.39 is 44.7 Å². The zero-order valence-electron chi connectivity index (χ0n) is 32.9. The fourth-order valence-corrected chi connectivity index (χ4v) is 7.04. The monoisotopic (exact) mass is 772 g/mol. The molecule has 0 spiro atoms. The summed E-state index contributed by atoms with van der Waals surface area (Å²) < 4.78 is 26.4. The first-order valence-electron chi connectivity index (χ1n) is 20.7. The Morgan fingerprint density at radius 1 is 0.774 bits per heavy atom. The number of aliphatic hydroxyl groups excluding tert-OH is 2. The van der Waals surface area contributed by atoms with Crippen LogP contribution in [0.15, 0.2) is 24.3 Å². The van der Waals surface area contributed by atoms with Crippen LogP contribution >= 0.6 is 7.82 Å². The van der Waals surface area contributed by atoms with Crippen LogP contribution in [0.3, 0.4) is 0 Å². The SMILES string of the molecule is CCCCCCCC/C=C\CCCCCCCC(=O)O[C@H](COC(=O)CCCCCC[C@H]1[C@@H](O)CC(=O)[C@@H]1/C=C/[C@@H](O)CCCCC)COP(=O)(O)O.